The molecule has 0 radical (unpaired) electrons. The van der Waals surface area contributed by atoms with E-state index in [1.54, 1.807) is 24.3 Å². The van der Waals surface area contributed by atoms with Crippen molar-refractivity contribution in [1.29, 1.82) is 0 Å². The summed E-state index contributed by atoms with van der Waals surface area (Å²) < 4.78 is 0. The van der Waals surface area contributed by atoms with Crippen LogP contribution in [0.25, 0.3) is 0 Å². The van der Waals surface area contributed by atoms with E-state index >= 15 is 0 Å². The van der Waals surface area contributed by atoms with Crippen LogP contribution in [0, 0.1) is 0 Å². The molecule has 1 atom stereocenters. The summed E-state index contributed by atoms with van der Waals surface area (Å²) in [5.41, 5.74) is 0.951. The molecule has 1 saturated carbocycles. The van der Waals surface area contributed by atoms with Crippen molar-refractivity contribution in [1.82, 2.24) is 10.6 Å². The SMILES string of the molecule is O=C(CC[C@H]1NC(=O)c2ccccc2NC1=O)NC1CCCC1. The number of carbonyl (C=O) groups excluding carboxylic acids is 3. The van der Waals surface area contributed by atoms with Crippen LogP contribution in [0.2, 0.25) is 0 Å². The van der Waals surface area contributed by atoms with E-state index in [-0.39, 0.29) is 30.2 Å². The van der Waals surface area contributed by atoms with Gasteiger partial charge in [-0.2, -0.15) is 0 Å². The molecule has 3 N–H and O–H groups in total. The Morgan fingerprint density at radius 1 is 1.17 bits per heavy atom. The first kappa shape index (κ1) is 15.5. The zero-order valence-electron chi connectivity index (χ0n) is 12.9. The highest BCUT2D eigenvalue weighted by molar-refractivity contribution is 6.09. The first-order valence-corrected chi connectivity index (χ1v) is 8.13. The number of hydrogen-bond donors (Lipinski definition) is 3. The number of para-hydroxylation sites is 1. The number of anilines is 1. The summed E-state index contributed by atoms with van der Waals surface area (Å²) in [5, 5.41) is 8.44. The molecule has 0 saturated heterocycles. The van der Waals surface area contributed by atoms with Gasteiger partial charge < -0.3 is 16.0 Å². The number of nitrogens with one attached hydrogen (secondary N) is 3. The molecule has 3 rings (SSSR count). The van der Waals surface area contributed by atoms with Crippen LogP contribution >= 0.6 is 0 Å². The second-order valence-electron chi connectivity index (χ2n) is 6.15. The summed E-state index contributed by atoms with van der Waals surface area (Å²) in [6, 6.07) is 6.46. The molecule has 1 aliphatic heterocycles. The number of benzene rings is 1. The monoisotopic (exact) mass is 315 g/mol. The lowest BCUT2D eigenvalue weighted by Crippen LogP contribution is -2.42. The molecule has 1 fully saturated rings. The summed E-state index contributed by atoms with van der Waals surface area (Å²) in [4.78, 5) is 36.4. The molecule has 6 nitrogen and oxygen atoms in total. The first-order chi connectivity index (χ1) is 11.1. The van der Waals surface area contributed by atoms with E-state index in [4.69, 9.17) is 0 Å². The Balaban J connectivity index is 1.57. The Kier molecular flexibility index (Phi) is 4.60. The summed E-state index contributed by atoms with van der Waals surface area (Å²) >= 11 is 0. The number of rotatable bonds is 4. The van der Waals surface area contributed by atoms with Gasteiger partial charge in [0.25, 0.3) is 5.91 Å². The highest BCUT2D eigenvalue weighted by Gasteiger charge is 2.28. The van der Waals surface area contributed by atoms with Crippen LogP contribution in [0.3, 0.4) is 0 Å². The second-order valence-corrected chi connectivity index (χ2v) is 6.15. The van der Waals surface area contributed by atoms with Crippen LogP contribution in [-0.4, -0.2) is 29.8 Å². The van der Waals surface area contributed by atoms with Crippen molar-refractivity contribution in [3.8, 4) is 0 Å². The highest BCUT2D eigenvalue weighted by atomic mass is 16.2. The van der Waals surface area contributed by atoms with Crippen LogP contribution in [0.1, 0.15) is 48.9 Å². The van der Waals surface area contributed by atoms with Crippen LogP contribution < -0.4 is 16.0 Å². The second kappa shape index (κ2) is 6.81. The number of hydrogen-bond acceptors (Lipinski definition) is 3. The Bertz CT molecular complexity index is 623. The largest absolute Gasteiger partial charge is 0.353 e. The standard InChI is InChI=1S/C17H21N3O3/c21-15(18-11-5-1-2-6-11)10-9-14-17(23)19-13-8-4-3-7-12(13)16(22)20-14/h3-4,7-8,11,14H,1-2,5-6,9-10H2,(H,18,21)(H,19,23)(H,20,22)/t14-/m1/s1. The van der Waals surface area contributed by atoms with E-state index in [1.807, 2.05) is 0 Å². The lowest BCUT2D eigenvalue weighted by molar-refractivity contribution is -0.122. The Morgan fingerprint density at radius 3 is 2.70 bits per heavy atom. The molecule has 122 valence electrons. The average molecular weight is 315 g/mol. The van der Waals surface area contributed by atoms with Crippen molar-refractivity contribution < 1.29 is 14.4 Å². The fourth-order valence-corrected chi connectivity index (χ4v) is 3.16. The van der Waals surface area contributed by atoms with Gasteiger partial charge >= 0.3 is 0 Å². The van der Waals surface area contributed by atoms with Crippen molar-refractivity contribution in [3.63, 3.8) is 0 Å². The molecule has 23 heavy (non-hydrogen) atoms. The molecular formula is C17H21N3O3. The third-order valence-electron chi connectivity index (χ3n) is 4.43. The predicted molar refractivity (Wildman–Crippen MR) is 86.0 cm³/mol. The summed E-state index contributed by atoms with van der Waals surface area (Å²) in [7, 11) is 0. The minimum Gasteiger partial charge on any atom is -0.353 e. The lowest BCUT2D eigenvalue weighted by atomic mass is 10.1. The molecule has 1 aromatic carbocycles. The van der Waals surface area contributed by atoms with Crippen molar-refractivity contribution in [2.24, 2.45) is 0 Å². The van der Waals surface area contributed by atoms with Crippen molar-refractivity contribution in [2.75, 3.05) is 5.32 Å². The minimum absolute atomic E-state index is 0.0549. The number of amides is 3. The van der Waals surface area contributed by atoms with Crippen LogP contribution in [0.15, 0.2) is 24.3 Å². The smallest absolute Gasteiger partial charge is 0.254 e. The van der Waals surface area contributed by atoms with Gasteiger partial charge in [0.15, 0.2) is 0 Å². The topological polar surface area (TPSA) is 87.3 Å². The predicted octanol–water partition coefficient (Wildman–Crippen LogP) is 1.58. The molecule has 1 heterocycles. The molecule has 1 aliphatic carbocycles. The summed E-state index contributed by atoms with van der Waals surface area (Å²) in [5.74, 6) is -0.627. The molecule has 0 spiro atoms. The fourth-order valence-electron chi connectivity index (χ4n) is 3.16. The van der Waals surface area contributed by atoms with Gasteiger partial charge in [-0.1, -0.05) is 25.0 Å². The fraction of sp³-hybridized carbons (Fsp3) is 0.471. The van der Waals surface area contributed by atoms with Crippen molar-refractivity contribution in [3.05, 3.63) is 29.8 Å². The number of carbonyl (C=O) groups is 3. The van der Waals surface area contributed by atoms with Crippen LogP contribution in [0.5, 0.6) is 0 Å². The van der Waals surface area contributed by atoms with E-state index in [2.05, 4.69) is 16.0 Å². The van der Waals surface area contributed by atoms with Gasteiger partial charge in [-0.25, -0.2) is 0 Å². The lowest BCUT2D eigenvalue weighted by Gasteiger charge is -2.16. The maximum Gasteiger partial charge on any atom is 0.254 e. The Hall–Kier alpha value is -2.37. The Labute approximate surface area is 135 Å². The first-order valence-electron chi connectivity index (χ1n) is 8.13. The molecule has 0 unspecified atom stereocenters. The van der Waals surface area contributed by atoms with Gasteiger partial charge in [0.05, 0.1) is 11.3 Å². The van der Waals surface area contributed by atoms with Crippen molar-refractivity contribution >= 4 is 23.4 Å². The van der Waals surface area contributed by atoms with Crippen LogP contribution in [-0.2, 0) is 9.59 Å². The molecule has 3 amide bonds. The van der Waals surface area contributed by atoms with E-state index < -0.39 is 6.04 Å². The van der Waals surface area contributed by atoms with Gasteiger partial charge in [-0.05, 0) is 31.4 Å². The van der Waals surface area contributed by atoms with E-state index in [0.717, 1.165) is 25.7 Å². The van der Waals surface area contributed by atoms with Crippen molar-refractivity contribution in [2.45, 2.75) is 50.6 Å². The third-order valence-corrected chi connectivity index (χ3v) is 4.43. The molecule has 0 bridgehead atoms. The quantitative estimate of drug-likeness (QED) is 0.788. The maximum atomic E-state index is 12.2. The zero-order valence-corrected chi connectivity index (χ0v) is 12.9. The zero-order chi connectivity index (χ0) is 16.2. The average Bonchev–Trinajstić information content (AvgIpc) is 3.00. The van der Waals surface area contributed by atoms with E-state index in [9.17, 15) is 14.4 Å². The normalized spacial score (nSPS) is 21.1. The van der Waals surface area contributed by atoms with Gasteiger partial charge in [-0.15, -0.1) is 0 Å². The van der Waals surface area contributed by atoms with E-state index in [1.165, 1.54) is 0 Å². The Morgan fingerprint density at radius 2 is 1.91 bits per heavy atom. The summed E-state index contributed by atoms with van der Waals surface area (Å²) in [6.45, 7) is 0. The van der Waals surface area contributed by atoms with E-state index in [0.29, 0.717) is 17.7 Å². The number of fused-ring (bicyclic) bond motifs is 1. The highest BCUT2D eigenvalue weighted by Crippen LogP contribution is 2.20. The van der Waals surface area contributed by atoms with Crippen LogP contribution in [0.4, 0.5) is 5.69 Å². The molecule has 0 aromatic heterocycles. The molecule has 1 aromatic rings. The van der Waals surface area contributed by atoms with Gasteiger partial charge in [0.2, 0.25) is 11.8 Å². The molecule has 6 heteroatoms. The third kappa shape index (κ3) is 3.70. The molecular weight excluding hydrogens is 294 g/mol. The minimum atomic E-state index is -0.691. The summed E-state index contributed by atoms with van der Waals surface area (Å²) in [6.07, 6.45) is 4.90. The van der Waals surface area contributed by atoms with Gasteiger partial charge in [0, 0.05) is 12.5 Å². The van der Waals surface area contributed by atoms with Gasteiger partial charge in [0.1, 0.15) is 6.04 Å². The maximum absolute atomic E-state index is 12.2. The molecule has 2 aliphatic rings. The van der Waals surface area contributed by atoms with Gasteiger partial charge in [-0.3, -0.25) is 14.4 Å².